The van der Waals surface area contributed by atoms with Gasteiger partial charge in [0, 0.05) is 19.1 Å². The van der Waals surface area contributed by atoms with E-state index in [1.54, 1.807) is 11.8 Å². The van der Waals surface area contributed by atoms with E-state index in [0.29, 0.717) is 6.54 Å². The molecule has 3 aliphatic rings. The molecule has 0 aromatic heterocycles. The maximum absolute atomic E-state index is 12.8. The largest absolute Gasteiger partial charge is 0.353 e. The molecule has 2 amide bonds. The third-order valence-corrected chi connectivity index (χ3v) is 7.32. The van der Waals surface area contributed by atoms with Crippen LogP contribution in [0.25, 0.3) is 5.57 Å². The van der Waals surface area contributed by atoms with Crippen LogP contribution in [-0.2, 0) is 9.59 Å². The second kappa shape index (κ2) is 8.90. The minimum absolute atomic E-state index is 0.0181. The first-order valence-corrected chi connectivity index (χ1v) is 11.5. The third kappa shape index (κ3) is 4.37. The molecule has 1 aromatic rings. The van der Waals surface area contributed by atoms with E-state index in [2.05, 4.69) is 45.3 Å². The van der Waals surface area contributed by atoms with Gasteiger partial charge in [-0.2, -0.15) is 0 Å². The predicted octanol–water partition coefficient (Wildman–Crippen LogP) is 2.14. The van der Waals surface area contributed by atoms with Crippen molar-refractivity contribution in [2.75, 3.05) is 13.1 Å². The van der Waals surface area contributed by atoms with Crippen molar-refractivity contribution in [3.8, 4) is 0 Å². The van der Waals surface area contributed by atoms with Crippen LogP contribution >= 0.6 is 11.8 Å². The zero-order valence-electron chi connectivity index (χ0n) is 17.1. The van der Waals surface area contributed by atoms with Gasteiger partial charge in [0.2, 0.25) is 11.8 Å². The lowest BCUT2D eigenvalue weighted by atomic mass is 9.94. The Labute approximate surface area is 176 Å². The van der Waals surface area contributed by atoms with Gasteiger partial charge in [-0.15, -0.1) is 11.8 Å². The smallest absolute Gasteiger partial charge is 0.237 e. The fraction of sp³-hybridized carbons (Fsp3) is 0.545. The Bertz CT molecular complexity index is 784. The number of fused-ring (bicyclic) bond motifs is 1. The van der Waals surface area contributed by atoms with Crippen LogP contribution in [0.5, 0.6) is 0 Å². The number of thioether (sulfide) groups is 1. The van der Waals surface area contributed by atoms with E-state index < -0.39 is 0 Å². The summed E-state index contributed by atoms with van der Waals surface area (Å²) >= 11 is 1.58. The molecule has 156 valence electrons. The van der Waals surface area contributed by atoms with Crippen molar-refractivity contribution in [3.05, 3.63) is 41.3 Å². The lowest BCUT2D eigenvalue weighted by Crippen LogP contribution is -2.69. The van der Waals surface area contributed by atoms with Gasteiger partial charge < -0.3 is 10.6 Å². The highest BCUT2D eigenvalue weighted by Gasteiger charge is 2.44. The van der Waals surface area contributed by atoms with Gasteiger partial charge in [-0.1, -0.05) is 37.3 Å². The summed E-state index contributed by atoms with van der Waals surface area (Å²) in [5.74, 6) is 0.165. The first kappa shape index (κ1) is 20.4. The molecule has 5 unspecified atom stereocenters. The van der Waals surface area contributed by atoms with Gasteiger partial charge in [-0.05, 0) is 42.7 Å². The molecule has 4 rings (SSSR count). The Hall–Kier alpha value is -1.83. The summed E-state index contributed by atoms with van der Waals surface area (Å²) in [6.07, 6.45) is 2.54. The van der Waals surface area contributed by atoms with E-state index >= 15 is 0 Å². The molecule has 3 heterocycles. The van der Waals surface area contributed by atoms with E-state index in [4.69, 9.17) is 0 Å². The molecular formula is C22H30N4O2S. The molecule has 7 heteroatoms. The summed E-state index contributed by atoms with van der Waals surface area (Å²) in [5, 5.41) is 11.9. The lowest BCUT2D eigenvalue weighted by Gasteiger charge is -2.43. The van der Waals surface area contributed by atoms with Crippen LogP contribution in [0.2, 0.25) is 0 Å². The highest BCUT2D eigenvalue weighted by atomic mass is 32.2. The first-order valence-electron chi connectivity index (χ1n) is 10.6. The highest BCUT2D eigenvalue weighted by Crippen LogP contribution is 2.38. The molecule has 0 bridgehead atoms. The van der Waals surface area contributed by atoms with Crippen molar-refractivity contribution >= 4 is 29.1 Å². The number of carbonyl (C=O) groups excluding carboxylic acids is 2. The summed E-state index contributed by atoms with van der Waals surface area (Å²) in [7, 11) is 0. The van der Waals surface area contributed by atoms with Crippen molar-refractivity contribution in [3.63, 3.8) is 0 Å². The molecule has 5 atom stereocenters. The van der Waals surface area contributed by atoms with Gasteiger partial charge in [0.15, 0.2) is 0 Å². The third-order valence-electron chi connectivity index (χ3n) is 6.15. The normalized spacial score (nSPS) is 30.8. The van der Waals surface area contributed by atoms with Gasteiger partial charge in [0.1, 0.15) is 11.5 Å². The quantitative estimate of drug-likeness (QED) is 0.689. The average molecular weight is 415 g/mol. The number of nitrogens with one attached hydrogen (secondary N) is 3. The molecule has 0 radical (unpaired) electrons. The van der Waals surface area contributed by atoms with Crippen LogP contribution < -0.4 is 16.0 Å². The van der Waals surface area contributed by atoms with E-state index in [9.17, 15) is 9.59 Å². The average Bonchev–Trinajstić information content (AvgIpc) is 3.19. The molecule has 0 spiro atoms. The van der Waals surface area contributed by atoms with E-state index in [-0.39, 0.29) is 41.4 Å². The Kier molecular flexibility index (Phi) is 6.27. The minimum atomic E-state index is -0.242. The minimum Gasteiger partial charge on any atom is -0.353 e. The number of hydrogen-bond donors (Lipinski definition) is 3. The Morgan fingerprint density at radius 2 is 2.14 bits per heavy atom. The van der Waals surface area contributed by atoms with Crippen LogP contribution in [0.4, 0.5) is 0 Å². The van der Waals surface area contributed by atoms with Crippen LogP contribution in [0.15, 0.2) is 35.7 Å². The number of hydrogen-bond acceptors (Lipinski definition) is 5. The topological polar surface area (TPSA) is 73.5 Å². The zero-order valence-corrected chi connectivity index (χ0v) is 17.9. The maximum atomic E-state index is 12.8. The van der Waals surface area contributed by atoms with Gasteiger partial charge in [-0.3, -0.25) is 19.8 Å². The molecule has 0 saturated carbocycles. The van der Waals surface area contributed by atoms with Crippen molar-refractivity contribution in [1.82, 2.24) is 20.9 Å². The summed E-state index contributed by atoms with van der Waals surface area (Å²) in [4.78, 5) is 27.6. The van der Waals surface area contributed by atoms with Gasteiger partial charge in [0.05, 0.1) is 12.0 Å². The summed E-state index contributed by atoms with van der Waals surface area (Å²) < 4.78 is 0. The second-order valence-corrected chi connectivity index (χ2v) is 9.22. The van der Waals surface area contributed by atoms with E-state index in [1.807, 2.05) is 25.1 Å². The number of amides is 2. The number of piperidine rings is 1. The van der Waals surface area contributed by atoms with Crippen LogP contribution in [0.3, 0.4) is 0 Å². The summed E-state index contributed by atoms with van der Waals surface area (Å²) in [5.41, 5.74) is 2.32. The first-order chi connectivity index (χ1) is 14.1. The molecule has 3 N–H and O–H groups in total. The molecule has 29 heavy (non-hydrogen) atoms. The summed E-state index contributed by atoms with van der Waals surface area (Å²) in [6.45, 7) is 5.65. The van der Waals surface area contributed by atoms with Crippen molar-refractivity contribution in [2.45, 2.75) is 56.7 Å². The second-order valence-electron chi connectivity index (χ2n) is 8.20. The molecule has 3 aliphatic heterocycles. The number of rotatable bonds is 5. The standard InChI is InChI=1S/C22H30N4O2S/c1-3-14(2)23-20(27)16-10-7-11-26(12-16)22-24-18-17(15-8-5-4-6-9-15)13-29-19(18)21(28)25-22/h4-6,8-9,13-14,16,18-19,22,24H,3,7,10-12H2,1-2H3,(H,23,27)(H,25,28). The van der Waals surface area contributed by atoms with Gasteiger partial charge >= 0.3 is 0 Å². The summed E-state index contributed by atoms with van der Waals surface area (Å²) in [6, 6.07) is 10.4. The highest BCUT2D eigenvalue weighted by molar-refractivity contribution is 8.04. The van der Waals surface area contributed by atoms with E-state index in [1.165, 1.54) is 5.57 Å². The fourth-order valence-corrected chi connectivity index (χ4v) is 5.42. The van der Waals surface area contributed by atoms with Crippen LogP contribution in [0.1, 0.15) is 38.7 Å². The Morgan fingerprint density at radius 3 is 2.90 bits per heavy atom. The molecular weight excluding hydrogens is 384 g/mol. The molecule has 2 fully saturated rings. The maximum Gasteiger partial charge on any atom is 0.237 e. The van der Waals surface area contributed by atoms with Crippen molar-refractivity contribution < 1.29 is 9.59 Å². The molecule has 0 aliphatic carbocycles. The monoisotopic (exact) mass is 414 g/mol. The molecule has 1 aromatic carbocycles. The van der Waals surface area contributed by atoms with Crippen molar-refractivity contribution in [2.24, 2.45) is 5.92 Å². The SMILES string of the molecule is CCC(C)NC(=O)C1CCCN(C2NC(=O)C3SC=C(c4ccccc4)C3N2)C1. The molecule has 2 saturated heterocycles. The Morgan fingerprint density at radius 1 is 1.34 bits per heavy atom. The zero-order chi connectivity index (χ0) is 20.4. The van der Waals surface area contributed by atoms with Crippen molar-refractivity contribution in [1.29, 1.82) is 0 Å². The van der Waals surface area contributed by atoms with Crippen LogP contribution in [0, 0.1) is 5.92 Å². The number of carbonyl (C=O) groups is 2. The predicted molar refractivity (Wildman–Crippen MR) is 117 cm³/mol. The number of likely N-dealkylation sites (tertiary alicyclic amines) is 1. The molecule has 6 nitrogen and oxygen atoms in total. The van der Waals surface area contributed by atoms with Gasteiger partial charge in [-0.25, -0.2) is 0 Å². The number of benzene rings is 1. The fourth-order valence-electron chi connectivity index (χ4n) is 4.27. The van der Waals surface area contributed by atoms with Gasteiger partial charge in [0.25, 0.3) is 0 Å². The number of nitrogens with zero attached hydrogens (tertiary/aromatic N) is 1. The van der Waals surface area contributed by atoms with Crippen LogP contribution in [-0.4, -0.2) is 53.4 Å². The van der Waals surface area contributed by atoms with E-state index in [0.717, 1.165) is 31.4 Å². The lowest BCUT2D eigenvalue weighted by molar-refractivity contribution is -0.129. The Balaban J connectivity index is 1.44.